The molecule has 0 saturated carbocycles. The predicted molar refractivity (Wildman–Crippen MR) is 96.6 cm³/mol. The van der Waals surface area contributed by atoms with Gasteiger partial charge in [-0.15, -0.1) is 0 Å². The maximum atomic E-state index is 12.3. The normalized spacial score (nSPS) is 14.7. The number of hydrogen-bond acceptors (Lipinski definition) is 4. The van der Waals surface area contributed by atoms with E-state index in [0.717, 1.165) is 31.5 Å². The summed E-state index contributed by atoms with van der Waals surface area (Å²) in [5.74, 6) is -0.357. The number of aryl methyl sites for hydroxylation is 1. The Morgan fingerprint density at radius 2 is 1.80 bits per heavy atom. The average Bonchev–Trinajstić information content (AvgIpc) is 3.13. The van der Waals surface area contributed by atoms with Crippen molar-refractivity contribution < 1.29 is 9.59 Å². The van der Waals surface area contributed by atoms with E-state index >= 15 is 0 Å². The van der Waals surface area contributed by atoms with Crippen molar-refractivity contribution in [2.45, 2.75) is 45.7 Å². The van der Waals surface area contributed by atoms with Crippen LogP contribution < -0.4 is 5.32 Å². The van der Waals surface area contributed by atoms with Gasteiger partial charge in [0.1, 0.15) is 0 Å². The summed E-state index contributed by atoms with van der Waals surface area (Å²) in [5, 5.41) is 7.72. The van der Waals surface area contributed by atoms with Gasteiger partial charge in [0.25, 0.3) is 11.8 Å². The molecule has 6 heteroatoms. The van der Waals surface area contributed by atoms with Crippen molar-refractivity contribution in [2.24, 2.45) is 0 Å². The lowest BCUT2D eigenvalue weighted by atomic mass is 10.1. The van der Waals surface area contributed by atoms with E-state index in [1.807, 2.05) is 17.1 Å². The van der Waals surface area contributed by atoms with E-state index in [1.54, 1.807) is 24.3 Å². The minimum Gasteiger partial charge on any atom is -0.380 e. The summed E-state index contributed by atoms with van der Waals surface area (Å²) >= 11 is 0. The highest BCUT2D eigenvalue weighted by Gasteiger charge is 2.34. The summed E-state index contributed by atoms with van der Waals surface area (Å²) in [4.78, 5) is 26.0. The second-order valence-corrected chi connectivity index (χ2v) is 6.49. The average molecular weight is 340 g/mol. The molecule has 3 rings (SSSR count). The first-order valence-corrected chi connectivity index (χ1v) is 8.84. The van der Waals surface area contributed by atoms with Gasteiger partial charge in [0.2, 0.25) is 0 Å². The number of fused-ring (bicyclic) bond motifs is 1. The molecular formula is C19H24N4O2. The topological polar surface area (TPSA) is 67.2 Å². The van der Waals surface area contributed by atoms with Gasteiger partial charge in [0.05, 0.1) is 23.0 Å². The van der Waals surface area contributed by atoms with Crippen LogP contribution in [0.2, 0.25) is 0 Å². The van der Waals surface area contributed by atoms with Gasteiger partial charge in [-0.3, -0.25) is 19.2 Å². The lowest BCUT2D eigenvalue weighted by Gasteiger charge is -2.17. The molecule has 1 aromatic heterocycles. The quantitative estimate of drug-likeness (QED) is 0.750. The number of nitrogens with zero attached hydrogens (tertiary/aromatic N) is 3. The lowest BCUT2D eigenvalue weighted by molar-refractivity contribution is 0.0651. The molecule has 1 atom stereocenters. The summed E-state index contributed by atoms with van der Waals surface area (Å²) in [6.45, 7) is 5.58. The number of nitrogens with one attached hydrogen (secondary N) is 1. The molecule has 0 unspecified atom stereocenters. The second kappa shape index (κ2) is 7.51. The minimum atomic E-state index is -0.179. The van der Waals surface area contributed by atoms with Crippen molar-refractivity contribution in [1.29, 1.82) is 0 Å². The summed E-state index contributed by atoms with van der Waals surface area (Å²) in [6, 6.07) is 7.26. The van der Waals surface area contributed by atoms with E-state index in [-0.39, 0.29) is 17.9 Å². The molecule has 0 bridgehead atoms. The molecule has 6 nitrogen and oxygen atoms in total. The van der Waals surface area contributed by atoms with E-state index in [9.17, 15) is 9.59 Å². The van der Waals surface area contributed by atoms with E-state index in [4.69, 9.17) is 0 Å². The van der Waals surface area contributed by atoms with Crippen molar-refractivity contribution in [2.75, 3.05) is 11.9 Å². The van der Waals surface area contributed by atoms with Crippen LogP contribution in [-0.2, 0) is 6.54 Å². The van der Waals surface area contributed by atoms with Gasteiger partial charge >= 0.3 is 0 Å². The number of aromatic nitrogens is 2. The number of imide groups is 1. The molecule has 1 aliphatic heterocycles. The number of carbonyl (C=O) groups is 2. The molecule has 1 aliphatic rings. The fourth-order valence-corrected chi connectivity index (χ4v) is 3.14. The Morgan fingerprint density at radius 1 is 1.12 bits per heavy atom. The molecule has 132 valence electrons. The molecular weight excluding hydrogens is 316 g/mol. The Bertz CT molecular complexity index is 733. The van der Waals surface area contributed by atoms with Crippen LogP contribution in [-0.4, -0.2) is 39.1 Å². The first-order valence-electron chi connectivity index (χ1n) is 8.84. The number of benzene rings is 1. The largest absolute Gasteiger partial charge is 0.380 e. The summed E-state index contributed by atoms with van der Waals surface area (Å²) < 4.78 is 1.92. The Hall–Kier alpha value is -2.63. The zero-order chi connectivity index (χ0) is 17.8. The van der Waals surface area contributed by atoms with Crippen molar-refractivity contribution in [3.63, 3.8) is 0 Å². The summed E-state index contributed by atoms with van der Waals surface area (Å²) in [6.07, 6.45) is 6.52. The minimum absolute atomic E-state index is 0.179. The molecule has 0 radical (unpaired) electrons. The molecule has 1 N–H and O–H groups in total. The van der Waals surface area contributed by atoms with Gasteiger partial charge in [-0.05, 0) is 38.3 Å². The van der Waals surface area contributed by atoms with Crippen LogP contribution in [0, 0.1) is 0 Å². The summed E-state index contributed by atoms with van der Waals surface area (Å²) in [5.41, 5.74) is 2.03. The second-order valence-electron chi connectivity index (χ2n) is 6.49. The van der Waals surface area contributed by atoms with E-state index in [2.05, 4.69) is 24.3 Å². The first kappa shape index (κ1) is 17.2. The monoisotopic (exact) mass is 340 g/mol. The Balaban J connectivity index is 1.48. The van der Waals surface area contributed by atoms with Gasteiger partial charge in [-0.2, -0.15) is 5.10 Å². The van der Waals surface area contributed by atoms with Crippen molar-refractivity contribution in [3.05, 3.63) is 47.8 Å². The molecule has 2 amide bonds. The molecule has 25 heavy (non-hydrogen) atoms. The maximum Gasteiger partial charge on any atom is 0.261 e. The highest BCUT2D eigenvalue weighted by atomic mass is 16.2. The number of hydrogen-bond donors (Lipinski definition) is 1. The zero-order valence-electron chi connectivity index (χ0n) is 14.7. The molecule has 2 heterocycles. The first-order chi connectivity index (χ1) is 12.1. The zero-order valence-corrected chi connectivity index (χ0v) is 14.7. The predicted octanol–water partition coefficient (Wildman–Crippen LogP) is 3.17. The van der Waals surface area contributed by atoms with Crippen molar-refractivity contribution in [3.8, 4) is 0 Å². The van der Waals surface area contributed by atoms with Crippen molar-refractivity contribution >= 4 is 17.5 Å². The van der Waals surface area contributed by atoms with Crippen LogP contribution >= 0.6 is 0 Å². The number of rotatable bonds is 8. The molecule has 0 saturated heterocycles. The van der Waals surface area contributed by atoms with Crippen LogP contribution in [0.4, 0.5) is 5.69 Å². The summed E-state index contributed by atoms with van der Waals surface area (Å²) in [7, 11) is 0. The number of anilines is 1. The molecule has 1 aromatic carbocycles. The van der Waals surface area contributed by atoms with E-state index in [1.165, 1.54) is 4.90 Å². The molecule has 0 fully saturated rings. The highest BCUT2D eigenvalue weighted by molar-refractivity contribution is 6.21. The highest BCUT2D eigenvalue weighted by Crippen LogP contribution is 2.23. The molecule has 0 spiro atoms. The lowest BCUT2D eigenvalue weighted by Crippen LogP contribution is -2.31. The third-order valence-corrected chi connectivity index (χ3v) is 4.40. The fourth-order valence-electron chi connectivity index (χ4n) is 3.14. The molecule has 0 aliphatic carbocycles. The van der Waals surface area contributed by atoms with Crippen LogP contribution in [0.1, 0.15) is 53.8 Å². The van der Waals surface area contributed by atoms with Gasteiger partial charge < -0.3 is 5.32 Å². The van der Waals surface area contributed by atoms with Crippen LogP contribution in [0.3, 0.4) is 0 Å². The molecule has 2 aromatic rings. The number of amides is 2. The van der Waals surface area contributed by atoms with Gasteiger partial charge in [-0.1, -0.05) is 19.1 Å². The smallest absolute Gasteiger partial charge is 0.261 e. The third-order valence-electron chi connectivity index (χ3n) is 4.40. The SMILES string of the molecule is CCCn1cc(N[C@H](C)CCCN2C(=O)c3ccccc3C2=O)cn1. The van der Waals surface area contributed by atoms with Crippen LogP contribution in [0.5, 0.6) is 0 Å². The van der Waals surface area contributed by atoms with E-state index in [0.29, 0.717) is 17.7 Å². The third kappa shape index (κ3) is 3.73. The van der Waals surface area contributed by atoms with Gasteiger partial charge in [0.15, 0.2) is 0 Å². The Morgan fingerprint density at radius 3 is 2.44 bits per heavy atom. The Labute approximate surface area is 147 Å². The van der Waals surface area contributed by atoms with Gasteiger partial charge in [0, 0.05) is 25.3 Å². The Kier molecular flexibility index (Phi) is 5.16. The van der Waals surface area contributed by atoms with E-state index < -0.39 is 0 Å². The van der Waals surface area contributed by atoms with Crippen molar-refractivity contribution in [1.82, 2.24) is 14.7 Å². The van der Waals surface area contributed by atoms with Gasteiger partial charge in [-0.25, -0.2) is 0 Å². The maximum absolute atomic E-state index is 12.3. The standard InChI is InChI=1S/C19H24N4O2/c1-3-10-22-13-15(12-20-22)21-14(2)7-6-11-23-18(24)16-8-4-5-9-17(16)19(23)25/h4-5,8-9,12-14,21H,3,6-7,10-11H2,1-2H3/t14-/m1/s1. The number of carbonyl (C=O) groups excluding carboxylic acids is 2. The fraction of sp³-hybridized carbons (Fsp3) is 0.421. The van der Waals surface area contributed by atoms with Crippen LogP contribution in [0.25, 0.3) is 0 Å². The van der Waals surface area contributed by atoms with Crippen LogP contribution in [0.15, 0.2) is 36.7 Å².